The van der Waals surface area contributed by atoms with Crippen LogP contribution in [0.4, 0.5) is 21.9 Å². The van der Waals surface area contributed by atoms with Gasteiger partial charge in [0.25, 0.3) is 0 Å². The van der Waals surface area contributed by atoms with Crippen molar-refractivity contribution < 1.29 is 9.59 Å². The molecule has 0 spiro atoms. The maximum atomic E-state index is 13.8. The van der Waals surface area contributed by atoms with Crippen LogP contribution in [0.5, 0.6) is 0 Å². The van der Waals surface area contributed by atoms with Crippen LogP contribution in [0.1, 0.15) is 36.4 Å². The number of anilines is 3. The lowest BCUT2D eigenvalue weighted by atomic mass is 9.86. The van der Waals surface area contributed by atoms with Crippen molar-refractivity contribution in [3.63, 3.8) is 0 Å². The summed E-state index contributed by atoms with van der Waals surface area (Å²) in [5, 5.41) is 6.53. The van der Waals surface area contributed by atoms with Crippen LogP contribution < -0.4 is 15.5 Å². The Morgan fingerprint density at radius 3 is 2.44 bits per heavy atom. The number of hydrogen-bond donors (Lipinski definition) is 2. The molecule has 2 aliphatic rings. The van der Waals surface area contributed by atoms with E-state index in [4.69, 9.17) is 0 Å². The summed E-state index contributed by atoms with van der Waals surface area (Å²) in [7, 11) is 0. The molecule has 5 heteroatoms. The highest BCUT2D eigenvalue weighted by atomic mass is 16.2. The number of amides is 2. The van der Waals surface area contributed by atoms with Crippen LogP contribution in [0.2, 0.25) is 0 Å². The van der Waals surface area contributed by atoms with Crippen LogP contribution in [0.3, 0.4) is 0 Å². The van der Waals surface area contributed by atoms with Crippen LogP contribution in [0.15, 0.2) is 90.1 Å². The number of benzene rings is 3. The number of allylic oxidation sites excluding steroid dienone is 1. The summed E-state index contributed by atoms with van der Waals surface area (Å²) < 4.78 is 0. The molecular formula is C27H25N3O2. The summed E-state index contributed by atoms with van der Waals surface area (Å²) in [5.74, 6) is 0.0912. The Morgan fingerprint density at radius 1 is 0.938 bits per heavy atom. The van der Waals surface area contributed by atoms with Crippen molar-refractivity contribution in [1.29, 1.82) is 0 Å². The quantitative estimate of drug-likeness (QED) is 0.515. The Balaban J connectivity index is 1.68. The number of carbonyl (C=O) groups excluding carboxylic acids is 2. The van der Waals surface area contributed by atoms with Crippen LogP contribution in [-0.4, -0.2) is 11.8 Å². The third-order valence-electron chi connectivity index (χ3n) is 6.07. The highest BCUT2D eigenvalue weighted by molar-refractivity contribution is 6.09. The van der Waals surface area contributed by atoms with E-state index in [1.807, 2.05) is 85.8 Å². The number of rotatable bonds is 2. The molecular weight excluding hydrogens is 398 g/mol. The summed E-state index contributed by atoms with van der Waals surface area (Å²) in [4.78, 5) is 28.7. The van der Waals surface area contributed by atoms with Crippen molar-refractivity contribution in [3.8, 4) is 0 Å². The number of para-hydroxylation sites is 2. The molecule has 0 bridgehead atoms. The molecule has 5 nitrogen and oxygen atoms in total. The van der Waals surface area contributed by atoms with E-state index in [9.17, 15) is 9.59 Å². The Bertz CT molecular complexity index is 1200. The van der Waals surface area contributed by atoms with Gasteiger partial charge < -0.3 is 10.6 Å². The lowest BCUT2D eigenvalue weighted by Crippen LogP contribution is -2.40. The zero-order chi connectivity index (χ0) is 22.1. The number of fused-ring (bicyclic) bond motifs is 1. The average molecular weight is 424 g/mol. The summed E-state index contributed by atoms with van der Waals surface area (Å²) in [5.41, 5.74) is 5.91. The van der Waals surface area contributed by atoms with Gasteiger partial charge in [-0.1, -0.05) is 60.2 Å². The van der Waals surface area contributed by atoms with Gasteiger partial charge in [0.1, 0.15) is 0 Å². The van der Waals surface area contributed by atoms with Gasteiger partial charge in [-0.2, -0.15) is 0 Å². The Labute approximate surface area is 187 Å². The third-order valence-corrected chi connectivity index (χ3v) is 6.07. The molecule has 32 heavy (non-hydrogen) atoms. The SMILES string of the molecule is Cc1ccc(NC(=O)N2c3ccccc3NC3=C(C(=O)CCC3)[C@@H]2c2ccccc2)cc1. The molecule has 160 valence electrons. The van der Waals surface area contributed by atoms with E-state index in [-0.39, 0.29) is 11.8 Å². The normalized spacial score (nSPS) is 17.7. The van der Waals surface area contributed by atoms with Crippen molar-refractivity contribution in [2.75, 3.05) is 15.5 Å². The van der Waals surface area contributed by atoms with E-state index in [0.29, 0.717) is 17.7 Å². The number of nitrogens with zero attached hydrogens (tertiary/aromatic N) is 1. The fourth-order valence-electron chi connectivity index (χ4n) is 4.53. The van der Waals surface area contributed by atoms with Gasteiger partial charge in [-0.15, -0.1) is 0 Å². The van der Waals surface area contributed by atoms with Crippen LogP contribution in [0.25, 0.3) is 0 Å². The number of hydrogen-bond acceptors (Lipinski definition) is 3. The van der Waals surface area contributed by atoms with Crippen molar-refractivity contribution in [2.45, 2.75) is 32.2 Å². The lowest BCUT2D eigenvalue weighted by molar-refractivity contribution is -0.116. The van der Waals surface area contributed by atoms with Crippen molar-refractivity contribution in [3.05, 3.63) is 101 Å². The van der Waals surface area contributed by atoms with Gasteiger partial charge in [-0.05, 0) is 49.6 Å². The molecule has 1 aliphatic carbocycles. The molecule has 0 unspecified atom stereocenters. The first kappa shape index (κ1) is 20.1. The van der Waals surface area contributed by atoms with Gasteiger partial charge >= 0.3 is 6.03 Å². The van der Waals surface area contributed by atoms with Crippen LogP contribution in [-0.2, 0) is 4.79 Å². The van der Waals surface area contributed by atoms with Gasteiger partial charge in [0, 0.05) is 23.4 Å². The second kappa shape index (κ2) is 8.35. The Kier molecular flexibility index (Phi) is 5.23. The number of Topliss-reactive ketones (excluding diaryl/α,β-unsaturated/α-hetero) is 1. The minimum absolute atomic E-state index is 0.0912. The summed E-state index contributed by atoms with van der Waals surface area (Å²) in [6.45, 7) is 2.01. The third kappa shape index (κ3) is 3.66. The minimum atomic E-state index is -0.513. The van der Waals surface area contributed by atoms with Gasteiger partial charge in [0.15, 0.2) is 5.78 Å². The van der Waals surface area contributed by atoms with Gasteiger partial charge in [-0.3, -0.25) is 9.69 Å². The highest BCUT2D eigenvalue weighted by Crippen LogP contribution is 2.44. The summed E-state index contributed by atoms with van der Waals surface area (Å²) in [6, 6.07) is 24.5. The molecule has 3 aromatic rings. The molecule has 1 aliphatic heterocycles. The van der Waals surface area contributed by atoms with Gasteiger partial charge in [0.2, 0.25) is 0 Å². The van der Waals surface area contributed by atoms with Crippen molar-refractivity contribution in [2.24, 2.45) is 0 Å². The molecule has 3 aromatic carbocycles. The first-order chi connectivity index (χ1) is 15.6. The zero-order valence-corrected chi connectivity index (χ0v) is 18.0. The van der Waals surface area contributed by atoms with Crippen LogP contribution >= 0.6 is 0 Å². The molecule has 5 rings (SSSR count). The molecule has 0 radical (unpaired) electrons. The molecule has 2 amide bonds. The zero-order valence-electron chi connectivity index (χ0n) is 18.0. The first-order valence-electron chi connectivity index (χ1n) is 11.0. The predicted octanol–water partition coefficient (Wildman–Crippen LogP) is 6.21. The highest BCUT2D eigenvalue weighted by Gasteiger charge is 2.39. The number of carbonyl (C=O) groups is 2. The monoisotopic (exact) mass is 423 g/mol. The maximum Gasteiger partial charge on any atom is 0.327 e. The largest absolute Gasteiger partial charge is 0.357 e. The average Bonchev–Trinajstić information content (AvgIpc) is 2.96. The summed E-state index contributed by atoms with van der Waals surface area (Å²) >= 11 is 0. The second-order valence-electron chi connectivity index (χ2n) is 8.29. The second-order valence-corrected chi connectivity index (χ2v) is 8.29. The van der Waals surface area contributed by atoms with E-state index < -0.39 is 6.04 Å². The topological polar surface area (TPSA) is 61.4 Å². The molecule has 0 fully saturated rings. The molecule has 1 atom stereocenters. The van der Waals surface area contributed by atoms with Gasteiger partial charge in [0.05, 0.1) is 17.4 Å². The predicted molar refractivity (Wildman–Crippen MR) is 128 cm³/mol. The molecule has 0 saturated carbocycles. The Hall–Kier alpha value is -3.86. The smallest absolute Gasteiger partial charge is 0.327 e. The maximum absolute atomic E-state index is 13.8. The van der Waals surface area contributed by atoms with Crippen molar-refractivity contribution >= 4 is 28.9 Å². The molecule has 0 saturated heterocycles. The molecule has 1 heterocycles. The number of ketones is 1. The standard InChI is InChI=1S/C27H25N3O2/c1-18-14-16-20(17-15-18)28-27(32)30-23-12-6-5-10-21(23)29-22-11-7-13-24(31)25(22)26(30)19-8-3-2-4-9-19/h2-6,8-10,12,14-17,26,29H,7,11,13H2,1H3,(H,28,32)/t26-/m0/s1. The van der Waals surface area contributed by atoms with E-state index in [2.05, 4.69) is 10.6 Å². The molecule has 0 aromatic heterocycles. The molecule has 2 N–H and O–H groups in total. The lowest BCUT2D eigenvalue weighted by Gasteiger charge is -2.33. The van der Waals surface area contributed by atoms with E-state index in [1.54, 1.807) is 4.90 Å². The van der Waals surface area contributed by atoms with Gasteiger partial charge in [-0.25, -0.2) is 4.79 Å². The number of aryl methyl sites for hydroxylation is 1. The fourth-order valence-corrected chi connectivity index (χ4v) is 4.53. The van der Waals surface area contributed by atoms with Crippen molar-refractivity contribution in [1.82, 2.24) is 0 Å². The minimum Gasteiger partial charge on any atom is -0.357 e. The first-order valence-corrected chi connectivity index (χ1v) is 11.0. The summed E-state index contributed by atoms with van der Waals surface area (Å²) in [6.07, 6.45) is 2.09. The van der Waals surface area contributed by atoms with Crippen LogP contribution in [0, 0.1) is 6.92 Å². The van der Waals surface area contributed by atoms with E-state index >= 15 is 0 Å². The van der Waals surface area contributed by atoms with E-state index in [0.717, 1.165) is 41.0 Å². The number of nitrogens with one attached hydrogen (secondary N) is 2. The fraction of sp³-hybridized carbons (Fsp3) is 0.185. The Morgan fingerprint density at radius 2 is 1.66 bits per heavy atom. The number of urea groups is 1. The van der Waals surface area contributed by atoms with E-state index in [1.165, 1.54) is 0 Å².